The molecule has 0 aliphatic heterocycles. The number of aromatic carboxylic acids is 1. The van der Waals surface area contributed by atoms with Crippen LogP contribution in [-0.4, -0.2) is 11.1 Å². The van der Waals surface area contributed by atoms with Crippen molar-refractivity contribution in [2.45, 2.75) is 78.6 Å². The van der Waals surface area contributed by atoms with Crippen molar-refractivity contribution in [2.24, 2.45) is 5.92 Å². The van der Waals surface area contributed by atoms with Crippen LogP contribution in [0.15, 0.2) is 66.7 Å². The van der Waals surface area contributed by atoms with Crippen molar-refractivity contribution in [3.05, 3.63) is 83.4 Å². The molecule has 0 heterocycles. The molecule has 0 bridgehead atoms. The van der Waals surface area contributed by atoms with Crippen molar-refractivity contribution in [1.82, 2.24) is 0 Å². The van der Waals surface area contributed by atoms with E-state index in [1.165, 1.54) is 66.3 Å². The van der Waals surface area contributed by atoms with Crippen LogP contribution in [0.2, 0.25) is 0 Å². The molecule has 0 aromatic heterocycles. The predicted molar refractivity (Wildman–Crippen MR) is 145 cm³/mol. The van der Waals surface area contributed by atoms with Gasteiger partial charge in [-0.05, 0) is 70.7 Å². The first-order valence-electron chi connectivity index (χ1n) is 13.1. The van der Waals surface area contributed by atoms with Crippen LogP contribution in [0.1, 0.15) is 87.2 Å². The molecule has 0 fully saturated rings. The first-order valence-corrected chi connectivity index (χ1v) is 13.1. The normalized spacial score (nSPS) is 12.0. The number of benzene rings is 3. The van der Waals surface area contributed by atoms with Gasteiger partial charge < -0.3 is 5.11 Å². The fourth-order valence-electron chi connectivity index (χ4n) is 4.71. The number of carboxylic acid groups (broad SMARTS) is 1. The minimum Gasteiger partial charge on any atom is -0.478 e. The molecule has 0 saturated carbocycles. The fourth-order valence-corrected chi connectivity index (χ4v) is 4.71. The van der Waals surface area contributed by atoms with Gasteiger partial charge in [-0.1, -0.05) is 114 Å². The van der Waals surface area contributed by atoms with Crippen LogP contribution in [0.25, 0.3) is 22.3 Å². The highest BCUT2D eigenvalue weighted by atomic mass is 16.4. The minimum absolute atomic E-state index is 0.324. The molecular formula is C32H40O2. The highest BCUT2D eigenvalue weighted by Gasteiger charge is 2.18. The monoisotopic (exact) mass is 456 g/mol. The maximum Gasteiger partial charge on any atom is 0.335 e. The zero-order chi connectivity index (χ0) is 24.3. The molecule has 1 atom stereocenters. The molecule has 3 aromatic carbocycles. The van der Waals surface area contributed by atoms with Gasteiger partial charge in [-0.25, -0.2) is 4.79 Å². The Kier molecular flexibility index (Phi) is 9.94. The van der Waals surface area contributed by atoms with E-state index >= 15 is 0 Å². The lowest BCUT2D eigenvalue weighted by Crippen LogP contribution is -2.06. The van der Waals surface area contributed by atoms with Crippen molar-refractivity contribution in [3.63, 3.8) is 0 Å². The lowest BCUT2D eigenvalue weighted by Gasteiger charge is -2.22. The Morgan fingerprint density at radius 1 is 0.794 bits per heavy atom. The maximum absolute atomic E-state index is 11.4. The van der Waals surface area contributed by atoms with Crippen molar-refractivity contribution in [3.8, 4) is 22.3 Å². The number of rotatable bonds is 13. The number of aryl methyl sites for hydroxylation is 1. The van der Waals surface area contributed by atoms with Crippen LogP contribution < -0.4 is 0 Å². The van der Waals surface area contributed by atoms with E-state index in [0.29, 0.717) is 11.5 Å². The molecule has 2 heteroatoms. The van der Waals surface area contributed by atoms with Gasteiger partial charge in [0.05, 0.1) is 5.56 Å². The SMILES string of the molecule is CCCCCCCCc1ccc(-c2ccc(C(=O)O)cc2)c(-c2ccccc2)c1CC(C)CC. The molecule has 180 valence electrons. The smallest absolute Gasteiger partial charge is 0.335 e. The molecule has 3 aromatic rings. The van der Waals surface area contributed by atoms with Gasteiger partial charge in [-0.2, -0.15) is 0 Å². The summed E-state index contributed by atoms with van der Waals surface area (Å²) < 4.78 is 0. The molecule has 3 rings (SSSR count). The topological polar surface area (TPSA) is 37.3 Å². The first kappa shape index (κ1) is 25.7. The molecule has 0 amide bonds. The quantitative estimate of drug-likeness (QED) is 0.260. The molecule has 0 radical (unpaired) electrons. The number of carboxylic acids is 1. The molecule has 0 saturated heterocycles. The fraction of sp³-hybridized carbons (Fsp3) is 0.406. The Hall–Kier alpha value is -2.87. The summed E-state index contributed by atoms with van der Waals surface area (Å²) in [6, 6.07) is 22.6. The van der Waals surface area contributed by atoms with E-state index in [-0.39, 0.29) is 0 Å². The molecule has 1 unspecified atom stereocenters. The van der Waals surface area contributed by atoms with Crippen LogP contribution in [0.5, 0.6) is 0 Å². The molecule has 0 aliphatic carbocycles. The second-order valence-corrected chi connectivity index (χ2v) is 9.61. The van der Waals surface area contributed by atoms with Crippen LogP contribution in [0.4, 0.5) is 0 Å². The lowest BCUT2D eigenvalue weighted by atomic mass is 9.82. The molecule has 1 N–H and O–H groups in total. The summed E-state index contributed by atoms with van der Waals surface area (Å²) in [5.41, 5.74) is 8.07. The molecule has 2 nitrogen and oxygen atoms in total. The van der Waals surface area contributed by atoms with Gasteiger partial charge in [0.25, 0.3) is 0 Å². The number of unbranched alkanes of at least 4 members (excludes halogenated alkanes) is 5. The van der Waals surface area contributed by atoms with E-state index in [9.17, 15) is 9.90 Å². The molecule has 0 aliphatic rings. The average molecular weight is 457 g/mol. The summed E-state index contributed by atoms with van der Waals surface area (Å²) >= 11 is 0. The van der Waals surface area contributed by atoms with Gasteiger partial charge in [0.2, 0.25) is 0 Å². The van der Waals surface area contributed by atoms with Gasteiger partial charge in [0.1, 0.15) is 0 Å². The first-order chi connectivity index (χ1) is 16.5. The van der Waals surface area contributed by atoms with E-state index in [2.05, 4.69) is 63.2 Å². The Morgan fingerprint density at radius 2 is 1.47 bits per heavy atom. The van der Waals surface area contributed by atoms with Gasteiger partial charge in [-0.3, -0.25) is 0 Å². The van der Waals surface area contributed by atoms with E-state index in [1.807, 2.05) is 12.1 Å². The Morgan fingerprint density at radius 3 is 2.12 bits per heavy atom. The van der Waals surface area contributed by atoms with Crippen LogP contribution in [0.3, 0.4) is 0 Å². The maximum atomic E-state index is 11.4. The number of hydrogen-bond acceptors (Lipinski definition) is 1. The van der Waals surface area contributed by atoms with Gasteiger partial charge in [0.15, 0.2) is 0 Å². The van der Waals surface area contributed by atoms with Crippen LogP contribution >= 0.6 is 0 Å². The summed E-state index contributed by atoms with van der Waals surface area (Å²) in [5.74, 6) is -0.281. The number of carbonyl (C=O) groups is 1. The standard InChI is InChI=1S/C32H40O2/c1-4-6-7-8-9-11-14-25-21-22-29(26-17-19-28(20-18-26)32(33)34)31(27-15-12-10-13-16-27)30(25)23-24(3)5-2/h10,12-13,15-22,24H,4-9,11,14,23H2,1-3H3,(H,33,34). The van der Waals surface area contributed by atoms with E-state index < -0.39 is 5.97 Å². The van der Waals surface area contributed by atoms with E-state index in [0.717, 1.165) is 24.8 Å². The second-order valence-electron chi connectivity index (χ2n) is 9.61. The van der Waals surface area contributed by atoms with E-state index in [4.69, 9.17) is 0 Å². The van der Waals surface area contributed by atoms with Crippen molar-refractivity contribution < 1.29 is 9.90 Å². The van der Waals surface area contributed by atoms with Crippen molar-refractivity contribution in [1.29, 1.82) is 0 Å². The zero-order valence-corrected chi connectivity index (χ0v) is 21.1. The van der Waals surface area contributed by atoms with Gasteiger partial charge in [-0.15, -0.1) is 0 Å². The third kappa shape index (κ3) is 6.82. The number of hydrogen-bond donors (Lipinski definition) is 1. The zero-order valence-electron chi connectivity index (χ0n) is 21.1. The molecular weight excluding hydrogens is 416 g/mol. The van der Waals surface area contributed by atoms with Crippen LogP contribution in [-0.2, 0) is 12.8 Å². The predicted octanol–water partition coefficient (Wildman–Crippen LogP) is 9.21. The van der Waals surface area contributed by atoms with Crippen LogP contribution in [0, 0.1) is 5.92 Å². The Bertz CT molecular complexity index is 1030. The minimum atomic E-state index is -0.887. The van der Waals surface area contributed by atoms with Crippen molar-refractivity contribution in [2.75, 3.05) is 0 Å². The molecule has 34 heavy (non-hydrogen) atoms. The van der Waals surface area contributed by atoms with Crippen molar-refractivity contribution >= 4 is 5.97 Å². The summed E-state index contributed by atoms with van der Waals surface area (Å²) in [7, 11) is 0. The summed E-state index contributed by atoms with van der Waals surface area (Å²) in [6.07, 6.45) is 11.2. The average Bonchev–Trinajstić information content (AvgIpc) is 2.87. The van der Waals surface area contributed by atoms with Gasteiger partial charge in [0, 0.05) is 0 Å². The van der Waals surface area contributed by atoms with E-state index in [1.54, 1.807) is 12.1 Å². The third-order valence-corrected chi connectivity index (χ3v) is 6.96. The highest BCUT2D eigenvalue weighted by molar-refractivity contribution is 5.90. The highest BCUT2D eigenvalue weighted by Crippen LogP contribution is 2.39. The lowest BCUT2D eigenvalue weighted by molar-refractivity contribution is 0.0697. The summed E-state index contributed by atoms with van der Waals surface area (Å²) in [6.45, 7) is 6.88. The summed E-state index contributed by atoms with van der Waals surface area (Å²) in [5, 5.41) is 9.34. The third-order valence-electron chi connectivity index (χ3n) is 6.96. The van der Waals surface area contributed by atoms with Gasteiger partial charge >= 0.3 is 5.97 Å². The second kappa shape index (κ2) is 13.1. The summed E-state index contributed by atoms with van der Waals surface area (Å²) in [4.78, 5) is 11.4. The Balaban J connectivity index is 2.05. The molecule has 0 spiro atoms. The largest absolute Gasteiger partial charge is 0.478 e. The Labute approximate surface area is 206 Å².